The van der Waals surface area contributed by atoms with E-state index in [0.717, 1.165) is 11.9 Å². The van der Waals surface area contributed by atoms with E-state index in [1.165, 1.54) is 12.1 Å². The summed E-state index contributed by atoms with van der Waals surface area (Å²) in [5.41, 5.74) is -0.105. The number of piperazine rings is 1. The number of hydrogen-bond acceptors (Lipinski definition) is 7. The van der Waals surface area contributed by atoms with Crippen molar-refractivity contribution in [2.75, 3.05) is 43.1 Å². The van der Waals surface area contributed by atoms with E-state index in [1.807, 2.05) is 24.5 Å². The van der Waals surface area contributed by atoms with E-state index in [1.54, 1.807) is 22.9 Å². The molecule has 2 amide bonds. The highest BCUT2D eigenvalue weighted by atomic mass is 35.5. The van der Waals surface area contributed by atoms with Crippen molar-refractivity contribution in [2.45, 2.75) is 12.5 Å². The fourth-order valence-electron chi connectivity index (χ4n) is 3.45. The SMILES string of the molecule is CSCC[C@H](NC(=O)c1ccc([N+](=O)[O-])cc1Cl)C(=O)N1CCN(c2ccccn2)CC1. The summed E-state index contributed by atoms with van der Waals surface area (Å²) < 4.78 is 0. The number of benzene rings is 1. The molecule has 0 saturated carbocycles. The summed E-state index contributed by atoms with van der Waals surface area (Å²) in [4.78, 5) is 44.5. The first-order chi connectivity index (χ1) is 15.4. The molecule has 11 heteroatoms. The lowest BCUT2D eigenvalue weighted by Gasteiger charge is -2.37. The number of nitro groups is 1. The molecule has 1 atom stereocenters. The van der Waals surface area contributed by atoms with Crippen molar-refractivity contribution in [3.8, 4) is 0 Å². The van der Waals surface area contributed by atoms with Gasteiger partial charge in [-0.1, -0.05) is 17.7 Å². The number of amides is 2. The molecule has 1 aliphatic heterocycles. The second-order valence-electron chi connectivity index (χ2n) is 7.23. The van der Waals surface area contributed by atoms with Crippen LogP contribution in [-0.2, 0) is 4.79 Å². The Bertz CT molecular complexity index is 970. The van der Waals surface area contributed by atoms with E-state index < -0.39 is 16.9 Å². The maximum Gasteiger partial charge on any atom is 0.270 e. The number of hydrogen-bond donors (Lipinski definition) is 1. The molecule has 2 aromatic rings. The minimum Gasteiger partial charge on any atom is -0.353 e. The highest BCUT2D eigenvalue weighted by Crippen LogP contribution is 2.23. The molecule has 0 unspecified atom stereocenters. The van der Waals surface area contributed by atoms with E-state index in [4.69, 9.17) is 11.6 Å². The first-order valence-corrected chi connectivity index (χ1v) is 11.9. The van der Waals surface area contributed by atoms with Gasteiger partial charge in [0.25, 0.3) is 11.6 Å². The lowest BCUT2D eigenvalue weighted by molar-refractivity contribution is -0.384. The monoisotopic (exact) mass is 477 g/mol. The average Bonchev–Trinajstić information content (AvgIpc) is 2.81. The Morgan fingerprint density at radius 2 is 2.00 bits per heavy atom. The first-order valence-electron chi connectivity index (χ1n) is 10.1. The first kappa shape index (κ1) is 23.8. The van der Waals surface area contributed by atoms with E-state index in [0.29, 0.717) is 38.4 Å². The number of non-ortho nitro benzene ring substituents is 1. The summed E-state index contributed by atoms with van der Waals surface area (Å²) in [7, 11) is 0. The minimum absolute atomic E-state index is 0.0308. The number of nitro benzene ring substituents is 1. The van der Waals surface area contributed by atoms with Crippen LogP contribution in [0.3, 0.4) is 0 Å². The number of pyridine rings is 1. The van der Waals surface area contributed by atoms with Crippen LogP contribution in [0.25, 0.3) is 0 Å². The van der Waals surface area contributed by atoms with E-state index >= 15 is 0 Å². The second kappa shape index (κ2) is 11.1. The molecule has 0 radical (unpaired) electrons. The van der Waals surface area contributed by atoms with Crippen molar-refractivity contribution in [1.29, 1.82) is 0 Å². The highest BCUT2D eigenvalue weighted by Gasteiger charge is 2.29. The molecule has 1 fully saturated rings. The minimum atomic E-state index is -0.706. The molecule has 170 valence electrons. The van der Waals surface area contributed by atoms with Gasteiger partial charge in [-0.05, 0) is 36.6 Å². The Kier molecular flexibility index (Phi) is 8.29. The number of anilines is 1. The van der Waals surface area contributed by atoms with Crippen molar-refractivity contribution in [3.63, 3.8) is 0 Å². The summed E-state index contributed by atoms with van der Waals surface area (Å²) in [5, 5.41) is 13.6. The van der Waals surface area contributed by atoms with Crippen molar-refractivity contribution >= 4 is 46.7 Å². The Morgan fingerprint density at radius 1 is 1.25 bits per heavy atom. The number of carbonyl (C=O) groups is 2. The predicted molar refractivity (Wildman–Crippen MR) is 125 cm³/mol. The Labute approximate surface area is 195 Å². The molecule has 0 spiro atoms. The molecule has 2 heterocycles. The second-order valence-corrected chi connectivity index (χ2v) is 8.62. The summed E-state index contributed by atoms with van der Waals surface area (Å²) in [6, 6.07) is 8.67. The molecule has 1 aliphatic rings. The van der Waals surface area contributed by atoms with Gasteiger partial charge in [0.2, 0.25) is 5.91 Å². The molecule has 1 aromatic carbocycles. The van der Waals surface area contributed by atoms with Crippen molar-refractivity contribution < 1.29 is 14.5 Å². The Balaban J connectivity index is 1.66. The number of carbonyl (C=O) groups excluding carboxylic acids is 2. The number of nitrogens with one attached hydrogen (secondary N) is 1. The highest BCUT2D eigenvalue weighted by molar-refractivity contribution is 7.98. The summed E-state index contributed by atoms with van der Waals surface area (Å²) >= 11 is 7.67. The van der Waals surface area contributed by atoms with Gasteiger partial charge < -0.3 is 15.1 Å². The number of rotatable bonds is 8. The molecular formula is C21H24ClN5O4S. The van der Waals surface area contributed by atoms with Gasteiger partial charge in [-0.15, -0.1) is 0 Å². The van der Waals surface area contributed by atoms with Crippen LogP contribution in [0.5, 0.6) is 0 Å². The van der Waals surface area contributed by atoms with Crippen molar-refractivity contribution in [3.05, 3.63) is 63.3 Å². The van der Waals surface area contributed by atoms with E-state index in [2.05, 4.69) is 15.2 Å². The lowest BCUT2D eigenvalue weighted by atomic mass is 10.1. The van der Waals surface area contributed by atoms with Gasteiger partial charge in [-0.2, -0.15) is 11.8 Å². The maximum absolute atomic E-state index is 13.2. The zero-order valence-corrected chi connectivity index (χ0v) is 19.1. The topological polar surface area (TPSA) is 109 Å². The molecule has 1 aromatic heterocycles. The largest absolute Gasteiger partial charge is 0.353 e. The van der Waals surface area contributed by atoms with Crippen LogP contribution in [-0.4, -0.2) is 70.9 Å². The van der Waals surface area contributed by atoms with Crippen LogP contribution < -0.4 is 10.2 Å². The average molecular weight is 478 g/mol. The van der Waals surface area contributed by atoms with Crippen LogP contribution in [0, 0.1) is 10.1 Å². The van der Waals surface area contributed by atoms with E-state index in [-0.39, 0.29) is 22.2 Å². The zero-order valence-electron chi connectivity index (χ0n) is 17.6. The smallest absolute Gasteiger partial charge is 0.270 e. The molecule has 0 bridgehead atoms. The van der Waals surface area contributed by atoms with Crippen molar-refractivity contribution in [2.24, 2.45) is 0 Å². The van der Waals surface area contributed by atoms with Crippen LogP contribution in [0.15, 0.2) is 42.6 Å². The fraction of sp³-hybridized carbons (Fsp3) is 0.381. The summed E-state index contributed by atoms with van der Waals surface area (Å²) in [6.07, 6.45) is 4.14. The number of thioether (sulfide) groups is 1. The molecule has 1 N–H and O–H groups in total. The van der Waals surface area contributed by atoms with Gasteiger partial charge in [0.1, 0.15) is 11.9 Å². The Morgan fingerprint density at radius 3 is 2.59 bits per heavy atom. The molecule has 3 rings (SSSR count). The van der Waals surface area contributed by atoms with E-state index in [9.17, 15) is 19.7 Å². The predicted octanol–water partition coefficient (Wildman–Crippen LogP) is 2.84. The molecule has 9 nitrogen and oxygen atoms in total. The third kappa shape index (κ3) is 5.89. The molecule has 32 heavy (non-hydrogen) atoms. The van der Waals surface area contributed by atoms with Crippen LogP contribution in [0.2, 0.25) is 5.02 Å². The number of nitrogens with zero attached hydrogens (tertiary/aromatic N) is 4. The van der Waals surface area contributed by atoms with Gasteiger partial charge in [0.05, 0.1) is 15.5 Å². The summed E-state index contributed by atoms with van der Waals surface area (Å²) in [5.74, 6) is 0.890. The van der Waals surface area contributed by atoms with Gasteiger partial charge in [-0.25, -0.2) is 4.98 Å². The molecular weight excluding hydrogens is 454 g/mol. The van der Waals surface area contributed by atoms with Gasteiger partial charge >= 0.3 is 0 Å². The summed E-state index contributed by atoms with van der Waals surface area (Å²) in [6.45, 7) is 2.36. The normalized spacial score (nSPS) is 14.7. The standard InChI is InChI=1S/C21H24ClN5O4S/c1-32-13-7-18(24-20(28)16-6-5-15(27(30)31)14-17(16)22)21(29)26-11-9-25(10-12-26)19-4-2-3-8-23-19/h2-6,8,14,18H,7,9-13H2,1H3,(H,24,28)/t18-/m0/s1. The molecule has 0 aliphatic carbocycles. The number of aromatic nitrogens is 1. The van der Waals surface area contributed by atoms with Gasteiger partial charge in [0.15, 0.2) is 0 Å². The zero-order chi connectivity index (χ0) is 23.1. The lowest BCUT2D eigenvalue weighted by Crippen LogP contribution is -2.55. The maximum atomic E-state index is 13.2. The van der Waals surface area contributed by atoms with Crippen molar-refractivity contribution in [1.82, 2.24) is 15.2 Å². The third-order valence-corrected chi connectivity index (χ3v) is 6.14. The fourth-order valence-corrected chi connectivity index (χ4v) is 4.18. The number of halogens is 1. The molecule has 1 saturated heterocycles. The van der Waals surface area contributed by atoms with Gasteiger partial charge in [0, 0.05) is 44.5 Å². The van der Waals surface area contributed by atoms with Crippen LogP contribution in [0.1, 0.15) is 16.8 Å². The quantitative estimate of drug-likeness (QED) is 0.460. The van der Waals surface area contributed by atoms with Crippen LogP contribution >= 0.6 is 23.4 Å². The van der Waals surface area contributed by atoms with Crippen LogP contribution in [0.4, 0.5) is 11.5 Å². The third-order valence-electron chi connectivity index (χ3n) is 5.19. The van der Waals surface area contributed by atoms with Gasteiger partial charge in [-0.3, -0.25) is 19.7 Å². The Hall–Kier alpha value is -2.85.